The molecule has 0 spiro atoms. The highest BCUT2D eigenvalue weighted by Crippen LogP contribution is 2.35. The van der Waals surface area contributed by atoms with Gasteiger partial charge in [-0.15, -0.1) is 0 Å². The van der Waals surface area contributed by atoms with Crippen LogP contribution in [0.2, 0.25) is 0 Å². The molecule has 0 radical (unpaired) electrons. The minimum Gasteiger partial charge on any atom is -0.369 e. The van der Waals surface area contributed by atoms with Crippen LogP contribution in [-0.4, -0.2) is 61.3 Å². The fraction of sp³-hybridized carbons (Fsp3) is 0.619. The maximum absolute atomic E-state index is 13.4. The third-order valence-electron chi connectivity index (χ3n) is 6.00. The summed E-state index contributed by atoms with van der Waals surface area (Å²) in [5.74, 6) is 0.391. The first-order valence-electron chi connectivity index (χ1n) is 10.2. The highest BCUT2D eigenvalue weighted by molar-refractivity contribution is 7.96. The Kier molecular flexibility index (Phi) is 7.76. The summed E-state index contributed by atoms with van der Waals surface area (Å²) in [5.41, 5.74) is 1.72. The van der Waals surface area contributed by atoms with Gasteiger partial charge in [0, 0.05) is 37.9 Å². The number of rotatable bonds is 4. The van der Waals surface area contributed by atoms with Crippen LogP contribution in [0.5, 0.6) is 0 Å². The van der Waals surface area contributed by atoms with Gasteiger partial charge < -0.3 is 15.5 Å². The summed E-state index contributed by atoms with van der Waals surface area (Å²) in [4.78, 5) is 13.7. The molecule has 1 aromatic rings. The molecule has 2 unspecified atom stereocenters. The number of anilines is 1. The van der Waals surface area contributed by atoms with Crippen molar-refractivity contribution in [2.45, 2.75) is 38.3 Å². The third kappa shape index (κ3) is 5.62. The second-order valence-corrected chi connectivity index (χ2v) is 8.70. The Hall–Kier alpha value is -1.82. The lowest BCUT2D eigenvalue weighted by atomic mass is 9.99. The largest absolute Gasteiger partial charge is 0.369 e. The number of hydrogen-bond acceptors (Lipinski definition) is 6. The van der Waals surface area contributed by atoms with E-state index in [1.165, 1.54) is 6.42 Å². The van der Waals surface area contributed by atoms with Gasteiger partial charge in [0.2, 0.25) is 5.91 Å². The Bertz CT molecular complexity index is 747. The highest BCUT2D eigenvalue weighted by Gasteiger charge is 2.42. The smallest absolute Gasteiger partial charge is 0.238 e. The van der Waals surface area contributed by atoms with Crippen molar-refractivity contribution in [2.24, 2.45) is 5.92 Å². The van der Waals surface area contributed by atoms with Crippen LogP contribution in [0.25, 0.3) is 0 Å². The number of amides is 1. The van der Waals surface area contributed by atoms with Crippen molar-refractivity contribution < 1.29 is 9.18 Å². The van der Waals surface area contributed by atoms with E-state index in [2.05, 4.69) is 26.1 Å². The van der Waals surface area contributed by atoms with Gasteiger partial charge in [0.05, 0.1) is 12.1 Å². The molecular formula is C21H30FN5OS. The maximum Gasteiger partial charge on any atom is 0.238 e. The third-order valence-corrected chi connectivity index (χ3v) is 6.88. The monoisotopic (exact) mass is 419 g/mol. The number of benzene rings is 1. The van der Waals surface area contributed by atoms with Crippen molar-refractivity contribution in [3.05, 3.63) is 29.6 Å². The molecule has 6 nitrogen and oxygen atoms in total. The van der Waals surface area contributed by atoms with E-state index >= 15 is 0 Å². The summed E-state index contributed by atoms with van der Waals surface area (Å²) in [5, 5.41) is 14.2. The fourth-order valence-electron chi connectivity index (χ4n) is 4.29. The van der Waals surface area contributed by atoms with E-state index in [9.17, 15) is 9.18 Å². The first-order chi connectivity index (χ1) is 14.0. The number of carbonyl (C=O) groups is 1. The first kappa shape index (κ1) is 21.9. The van der Waals surface area contributed by atoms with E-state index in [4.69, 9.17) is 5.26 Å². The molecule has 158 valence electrons. The molecule has 2 bridgehead atoms. The summed E-state index contributed by atoms with van der Waals surface area (Å²) in [6.07, 6.45) is 5.58. The predicted octanol–water partition coefficient (Wildman–Crippen LogP) is 2.30. The molecule has 1 amide bonds. The Labute approximate surface area is 176 Å². The SMILES string of the molecule is CSN1CCN(c2ccc(C)c(F)c2)CC1.N#CCNC(=O)[C@H]1NC2CCC1C2. The number of fused-ring (bicyclic) bond motifs is 2. The first-order valence-corrected chi connectivity index (χ1v) is 11.4. The van der Waals surface area contributed by atoms with Crippen LogP contribution >= 0.6 is 11.9 Å². The van der Waals surface area contributed by atoms with Gasteiger partial charge in [0.15, 0.2) is 0 Å². The Morgan fingerprint density at radius 1 is 1.34 bits per heavy atom. The van der Waals surface area contributed by atoms with Crippen LogP contribution in [0.3, 0.4) is 0 Å². The van der Waals surface area contributed by atoms with Gasteiger partial charge in [-0.3, -0.25) is 4.79 Å². The van der Waals surface area contributed by atoms with Gasteiger partial charge in [-0.25, -0.2) is 8.70 Å². The lowest BCUT2D eigenvalue weighted by Crippen LogP contribution is -2.47. The topological polar surface area (TPSA) is 71.4 Å². The van der Waals surface area contributed by atoms with Crippen LogP contribution in [0.4, 0.5) is 10.1 Å². The summed E-state index contributed by atoms with van der Waals surface area (Å²) in [7, 11) is 0. The van der Waals surface area contributed by atoms with E-state index in [-0.39, 0.29) is 24.3 Å². The van der Waals surface area contributed by atoms with E-state index < -0.39 is 0 Å². The van der Waals surface area contributed by atoms with Crippen LogP contribution in [-0.2, 0) is 4.79 Å². The number of aryl methyl sites for hydroxylation is 1. The minimum absolute atomic E-state index is 0.00579. The van der Waals surface area contributed by atoms with Crippen molar-refractivity contribution in [1.29, 1.82) is 5.26 Å². The number of piperidine rings is 1. The molecular weight excluding hydrogens is 389 g/mol. The van der Waals surface area contributed by atoms with Crippen LogP contribution in [0.1, 0.15) is 24.8 Å². The molecule has 1 aromatic carbocycles. The second-order valence-electron chi connectivity index (χ2n) is 7.82. The molecule has 8 heteroatoms. The number of nitrogens with one attached hydrogen (secondary N) is 2. The van der Waals surface area contributed by atoms with E-state index in [0.717, 1.165) is 44.7 Å². The fourth-order valence-corrected chi connectivity index (χ4v) is 4.82. The van der Waals surface area contributed by atoms with Gasteiger partial charge in [0.1, 0.15) is 12.4 Å². The van der Waals surface area contributed by atoms with E-state index in [1.807, 2.05) is 18.2 Å². The molecule has 2 N–H and O–H groups in total. The molecule has 3 atom stereocenters. The van der Waals surface area contributed by atoms with E-state index in [1.54, 1.807) is 24.9 Å². The van der Waals surface area contributed by atoms with Crippen molar-refractivity contribution in [1.82, 2.24) is 14.9 Å². The molecule has 2 heterocycles. The van der Waals surface area contributed by atoms with Crippen molar-refractivity contribution in [3.63, 3.8) is 0 Å². The molecule has 2 aliphatic heterocycles. The quantitative estimate of drug-likeness (QED) is 0.576. The Morgan fingerprint density at radius 3 is 2.66 bits per heavy atom. The number of piperazine rings is 1. The van der Waals surface area contributed by atoms with Gasteiger partial charge in [-0.1, -0.05) is 18.0 Å². The highest BCUT2D eigenvalue weighted by atomic mass is 32.2. The van der Waals surface area contributed by atoms with Gasteiger partial charge in [-0.2, -0.15) is 5.26 Å². The Morgan fingerprint density at radius 2 is 2.10 bits per heavy atom. The average Bonchev–Trinajstić information content (AvgIpc) is 3.38. The van der Waals surface area contributed by atoms with Crippen molar-refractivity contribution in [3.8, 4) is 6.07 Å². The van der Waals surface area contributed by atoms with Crippen LogP contribution < -0.4 is 15.5 Å². The molecule has 4 rings (SSSR count). The number of halogens is 1. The van der Waals surface area contributed by atoms with Crippen molar-refractivity contribution in [2.75, 3.05) is 43.9 Å². The zero-order chi connectivity index (χ0) is 20.8. The zero-order valence-corrected chi connectivity index (χ0v) is 18.0. The van der Waals surface area contributed by atoms with Crippen LogP contribution in [0, 0.1) is 30.0 Å². The number of carbonyl (C=O) groups excluding carboxylic acids is 1. The molecule has 3 fully saturated rings. The van der Waals surface area contributed by atoms with Gasteiger partial charge >= 0.3 is 0 Å². The van der Waals surface area contributed by atoms with Crippen LogP contribution in [0.15, 0.2) is 18.2 Å². The van der Waals surface area contributed by atoms with Gasteiger partial charge in [0.25, 0.3) is 0 Å². The van der Waals surface area contributed by atoms with E-state index in [0.29, 0.717) is 17.5 Å². The number of nitriles is 1. The second kappa shape index (κ2) is 10.3. The minimum atomic E-state index is -0.107. The predicted molar refractivity (Wildman–Crippen MR) is 115 cm³/mol. The summed E-state index contributed by atoms with van der Waals surface area (Å²) in [6, 6.07) is 7.92. The molecule has 2 saturated heterocycles. The lowest BCUT2D eigenvalue weighted by Gasteiger charge is -2.34. The number of hydrogen-bond donors (Lipinski definition) is 2. The maximum atomic E-state index is 13.4. The molecule has 1 aliphatic carbocycles. The van der Waals surface area contributed by atoms with Gasteiger partial charge in [-0.05, 0) is 56.1 Å². The molecule has 1 saturated carbocycles. The average molecular weight is 420 g/mol. The Balaban J connectivity index is 0.000000169. The lowest BCUT2D eigenvalue weighted by molar-refractivity contribution is -0.123. The summed E-state index contributed by atoms with van der Waals surface area (Å²) in [6.45, 7) is 5.94. The van der Waals surface area contributed by atoms with Crippen molar-refractivity contribution >= 4 is 23.5 Å². The number of nitrogens with zero attached hydrogens (tertiary/aromatic N) is 3. The molecule has 0 aromatic heterocycles. The zero-order valence-electron chi connectivity index (χ0n) is 17.2. The molecule has 29 heavy (non-hydrogen) atoms. The molecule has 3 aliphatic rings. The summed E-state index contributed by atoms with van der Waals surface area (Å²) < 4.78 is 15.8. The normalized spacial score (nSPS) is 25.9. The standard InChI is InChI=1S/C12H17FN2S.C9H13N3O/c1-10-3-4-11(9-12(10)13)14-5-7-15(16-2)8-6-14;10-3-4-11-9(13)8-6-1-2-7(5-6)12-8/h3-4,9H,5-8H2,1-2H3;6-8,12H,1-2,4-5H2,(H,11,13)/t;6?,7?,8-/m.0/s1. The summed E-state index contributed by atoms with van der Waals surface area (Å²) >= 11 is 1.78.